The minimum absolute atomic E-state index is 0.310. The van der Waals surface area contributed by atoms with Crippen molar-refractivity contribution in [1.29, 1.82) is 0 Å². The van der Waals surface area contributed by atoms with Crippen LogP contribution in [0.3, 0.4) is 0 Å². The number of amides is 1. The molecule has 0 radical (unpaired) electrons. The Kier molecular flexibility index (Phi) is 4.83. The van der Waals surface area contributed by atoms with Crippen LogP contribution in [-0.4, -0.2) is 31.9 Å². The Labute approximate surface area is 144 Å². The van der Waals surface area contributed by atoms with E-state index in [1.807, 2.05) is 0 Å². The van der Waals surface area contributed by atoms with Crippen molar-refractivity contribution in [2.24, 2.45) is 5.16 Å². The van der Waals surface area contributed by atoms with Gasteiger partial charge >= 0.3 is 0 Å². The number of carbonyl (C=O) groups excluding carboxylic acids is 1. The van der Waals surface area contributed by atoms with E-state index in [9.17, 15) is 9.18 Å². The number of nitrogens with one attached hydrogen (secondary N) is 1. The van der Waals surface area contributed by atoms with Crippen LogP contribution in [0.2, 0.25) is 0 Å². The average molecular weight is 344 g/mol. The fraction of sp³-hybridized carbons (Fsp3) is 0.222. The topological polar surface area (TPSA) is 69.2 Å². The third-order valence-corrected chi connectivity index (χ3v) is 3.79. The number of hydrogen-bond acceptors (Lipinski definition) is 5. The number of anilines is 1. The second-order valence-electron chi connectivity index (χ2n) is 5.40. The van der Waals surface area contributed by atoms with Crippen LogP contribution in [0.5, 0.6) is 11.5 Å². The minimum Gasteiger partial charge on any atom is -0.493 e. The fourth-order valence-corrected chi connectivity index (χ4v) is 2.47. The van der Waals surface area contributed by atoms with Crippen LogP contribution in [-0.2, 0) is 9.63 Å². The Hall–Kier alpha value is -3.09. The van der Waals surface area contributed by atoms with Gasteiger partial charge in [0.25, 0.3) is 5.91 Å². The van der Waals surface area contributed by atoms with Crippen LogP contribution in [0.4, 0.5) is 10.1 Å². The maximum Gasteiger partial charge on any atom is 0.268 e. The lowest BCUT2D eigenvalue weighted by Crippen LogP contribution is -2.28. The summed E-state index contributed by atoms with van der Waals surface area (Å²) in [5.74, 6) is 0.425. The van der Waals surface area contributed by atoms with Gasteiger partial charge < -0.3 is 19.6 Å². The monoisotopic (exact) mass is 344 g/mol. The summed E-state index contributed by atoms with van der Waals surface area (Å²) < 4.78 is 23.3. The van der Waals surface area contributed by atoms with Gasteiger partial charge in [0.05, 0.1) is 19.9 Å². The smallest absolute Gasteiger partial charge is 0.268 e. The summed E-state index contributed by atoms with van der Waals surface area (Å²) >= 11 is 0. The lowest BCUT2D eigenvalue weighted by Gasteiger charge is -2.12. The van der Waals surface area contributed by atoms with Crippen molar-refractivity contribution in [1.82, 2.24) is 0 Å². The van der Waals surface area contributed by atoms with Gasteiger partial charge in [-0.1, -0.05) is 17.3 Å². The van der Waals surface area contributed by atoms with E-state index >= 15 is 0 Å². The zero-order valence-corrected chi connectivity index (χ0v) is 13.8. The number of ether oxygens (including phenoxy) is 2. The van der Waals surface area contributed by atoms with Crippen molar-refractivity contribution in [2.45, 2.75) is 12.5 Å². The highest BCUT2D eigenvalue weighted by atomic mass is 19.1. The number of rotatable bonds is 5. The van der Waals surface area contributed by atoms with Crippen molar-refractivity contribution in [3.63, 3.8) is 0 Å². The van der Waals surface area contributed by atoms with Crippen LogP contribution < -0.4 is 14.8 Å². The molecule has 3 rings (SSSR count). The van der Waals surface area contributed by atoms with Crippen molar-refractivity contribution >= 4 is 17.3 Å². The first kappa shape index (κ1) is 16.8. The molecule has 0 aromatic heterocycles. The van der Waals surface area contributed by atoms with Crippen LogP contribution in [0.25, 0.3) is 0 Å². The highest BCUT2D eigenvalue weighted by Crippen LogP contribution is 2.30. The van der Waals surface area contributed by atoms with Crippen LogP contribution in [0, 0.1) is 5.82 Å². The molecule has 1 N–H and O–H groups in total. The zero-order valence-electron chi connectivity index (χ0n) is 13.8. The molecule has 0 aliphatic carbocycles. The summed E-state index contributed by atoms with van der Waals surface area (Å²) in [6, 6.07) is 11.0. The second-order valence-corrected chi connectivity index (χ2v) is 5.40. The van der Waals surface area contributed by atoms with Gasteiger partial charge in [0, 0.05) is 18.2 Å². The normalized spacial score (nSPS) is 16.0. The average Bonchev–Trinajstić information content (AvgIpc) is 3.12. The third kappa shape index (κ3) is 3.71. The molecule has 7 heteroatoms. The van der Waals surface area contributed by atoms with Gasteiger partial charge in [-0.3, -0.25) is 4.79 Å². The Morgan fingerprint density at radius 1 is 1.16 bits per heavy atom. The van der Waals surface area contributed by atoms with Gasteiger partial charge in [0.1, 0.15) is 5.82 Å². The number of halogens is 1. The highest BCUT2D eigenvalue weighted by molar-refractivity contribution is 6.06. The largest absolute Gasteiger partial charge is 0.493 e. The molecular formula is C18H17FN2O4. The van der Waals surface area contributed by atoms with E-state index in [4.69, 9.17) is 14.3 Å². The van der Waals surface area contributed by atoms with Crippen LogP contribution in [0.1, 0.15) is 12.0 Å². The molecule has 0 saturated heterocycles. The molecule has 25 heavy (non-hydrogen) atoms. The van der Waals surface area contributed by atoms with Crippen LogP contribution >= 0.6 is 0 Å². The van der Waals surface area contributed by atoms with E-state index in [0.29, 0.717) is 29.3 Å². The standard InChI is InChI=1S/C18H17FN2O4/c1-23-15-8-7-13(9-16(15)24-2)20-18(22)17-10-14(21-25-17)11-3-5-12(19)6-4-11/h3-9,17H,10H2,1-2H3,(H,20,22). The Bertz CT molecular complexity index is 805. The second kappa shape index (κ2) is 7.21. The summed E-state index contributed by atoms with van der Waals surface area (Å²) in [7, 11) is 3.06. The summed E-state index contributed by atoms with van der Waals surface area (Å²) in [6.45, 7) is 0. The molecule has 130 valence electrons. The first-order valence-electron chi connectivity index (χ1n) is 7.62. The zero-order chi connectivity index (χ0) is 17.8. The van der Waals surface area contributed by atoms with Gasteiger partial charge in [-0.25, -0.2) is 4.39 Å². The van der Waals surface area contributed by atoms with E-state index in [1.165, 1.54) is 26.4 Å². The molecule has 1 unspecified atom stereocenters. The predicted octanol–water partition coefficient (Wildman–Crippen LogP) is 2.97. The first-order chi connectivity index (χ1) is 12.1. The third-order valence-electron chi connectivity index (χ3n) is 3.79. The summed E-state index contributed by atoms with van der Waals surface area (Å²) in [5, 5.41) is 6.69. The Balaban J connectivity index is 1.64. The van der Waals surface area contributed by atoms with Gasteiger partial charge in [0.15, 0.2) is 11.5 Å². The Morgan fingerprint density at radius 2 is 1.88 bits per heavy atom. The molecule has 1 heterocycles. The lowest BCUT2D eigenvalue weighted by molar-refractivity contribution is -0.125. The maximum atomic E-state index is 13.0. The first-order valence-corrected chi connectivity index (χ1v) is 7.62. The number of hydrogen-bond donors (Lipinski definition) is 1. The molecular weight excluding hydrogens is 327 g/mol. The van der Waals surface area contributed by atoms with Crippen molar-refractivity contribution in [3.8, 4) is 11.5 Å². The molecule has 0 fully saturated rings. The number of carbonyl (C=O) groups is 1. The molecule has 1 atom stereocenters. The van der Waals surface area contributed by atoms with Crippen LogP contribution in [0.15, 0.2) is 47.6 Å². The minimum atomic E-state index is -0.742. The predicted molar refractivity (Wildman–Crippen MR) is 90.6 cm³/mol. The molecule has 1 aliphatic heterocycles. The lowest BCUT2D eigenvalue weighted by atomic mass is 10.0. The van der Waals surface area contributed by atoms with E-state index in [-0.39, 0.29) is 11.7 Å². The molecule has 0 spiro atoms. The Morgan fingerprint density at radius 3 is 2.56 bits per heavy atom. The summed E-state index contributed by atoms with van der Waals surface area (Å²) in [5.41, 5.74) is 1.89. The molecule has 2 aromatic rings. The number of methoxy groups -OCH3 is 2. The summed E-state index contributed by atoms with van der Waals surface area (Å²) in [4.78, 5) is 17.6. The molecule has 1 aliphatic rings. The van der Waals surface area contributed by atoms with E-state index in [2.05, 4.69) is 10.5 Å². The fourth-order valence-electron chi connectivity index (χ4n) is 2.47. The SMILES string of the molecule is COc1ccc(NC(=O)C2CC(c3ccc(F)cc3)=NO2)cc1OC. The van der Waals surface area contributed by atoms with E-state index in [0.717, 1.165) is 5.56 Å². The number of benzene rings is 2. The maximum absolute atomic E-state index is 13.0. The molecule has 1 amide bonds. The number of nitrogens with zero attached hydrogens (tertiary/aromatic N) is 1. The quantitative estimate of drug-likeness (QED) is 0.905. The molecule has 0 bridgehead atoms. The molecule has 0 saturated carbocycles. The molecule has 2 aromatic carbocycles. The van der Waals surface area contributed by atoms with Crippen molar-refractivity contribution < 1.29 is 23.5 Å². The highest BCUT2D eigenvalue weighted by Gasteiger charge is 2.29. The van der Waals surface area contributed by atoms with Gasteiger partial charge in [0.2, 0.25) is 6.10 Å². The van der Waals surface area contributed by atoms with Crippen molar-refractivity contribution in [3.05, 3.63) is 53.8 Å². The van der Waals surface area contributed by atoms with E-state index in [1.54, 1.807) is 30.3 Å². The van der Waals surface area contributed by atoms with Crippen molar-refractivity contribution in [2.75, 3.05) is 19.5 Å². The van der Waals surface area contributed by atoms with E-state index < -0.39 is 6.10 Å². The summed E-state index contributed by atoms with van der Waals surface area (Å²) in [6.07, 6.45) is -0.432. The number of oxime groups is 1. The molecule has 6 nitrogen and oxygen atoms in total. The van der Waals surface area contributed by atoms with Gasteiger partial charge in [-0.05, 0) is 29.8 Å². The van der Waals surface area contributed by atoms with Gasteiger partial charge in [-0.15, -0.1) is 0 Å². The van der Waals surface area contributed by atoms with Gasteiger partial charge in [-0.2, -0.15) is 0 Å².